The van der Waals surface area contributed by atoms with E-state index in [4.69, 9.17) is 11.7 Å². The van der Waals surface area contributed by atoms with E-state index >= 15 is 0 Å². The van der Waals surface area contributed by atoms with E-state index in [1.54, 1.807) is 0 Å². The zero-order chi connectivity index (χ0) is 6.57. The van der Waals surface area contributed by atoms with Crippen molar-refractivity contribution in [1.29, 1.82) is 0 Å². The minimum atomic E-state index is -1.54. The molecule has 0 aliphatic rings. The molecule has 0 bridgehead atoms. The Kier molecular flexibility index (Phi) is 123. The van der Waals surface area contributed by atoms with E-state index in [9.17, 15) is 4.79 Å². The standard InChI is InChI=1S/C3HNO2.CH2.8U/c1-4-2-3(5)6;;;;;;;;;/h(H,5,6);1H2;;;;;;;;. The smallest absolute Gasteiger partial charge is 0 e. The Morgan fingerprint density at radius 2 is 1.33 bits per heavy atom. The second kappa shape index (κ2) is 37.4. The van der Waals surface area contributed by atoms with Crippen LogP contribution in [0.2, 0.25) is 0 Å². The first-order chi connectivity index (χ1) is 3.72. The summed E-state index contributed by atoms with van der Waals surface area (Å²) >= 11 is -1.54. The Hall–Kier alpha value is 7.12. The fourth-order valence-electron chi connectivity index (χ4n) is 0.163. The van der Waals surface area contributed by atoms with Gasteiger partial charge in [-0.1, -0.05) is 0 Å². The average molecular weight is 2000 g/mol. The van der Waals surface area contributed by atoms with E-state index in [0.29, 0.717) is 0 Å². The summed E-state index contributed by atoms with van der Waals surface area (Å²) in [7, 11) is 0. The van der Waals surface area contributed by atoms with Crippen molar-refractivity contribution in [1.82, 2.24) is 0 Å². The number of carboxylic acid groups (broad SMARTS) is 1. The number of aliphatic carboxylic acids is 1. The summed E-state index contributed by atoms with van der Waals surface area (Å²) in [5.74, 6) is -1.08. The summed E-state index contributed by atoms with van der Waals surface area (Å²) in [6, 6.07) is 0. The van der Waals surface area contributed by atoms with Gasteiger partial charge in [0.15, 0.2) is 0 Å². The van der Waals surface area contributed by atoms with Crippen molar-refractivity contribution < 1.29 is 254 Å². The van der Waals surface area contributed by atoms with Crippen molar-refractivity contribution in [2.75, 3.05) is 0 Å². The van der Waals surface area contributed by atoms with E-state index in [-0.39, 0.29) is 220 Å². The van der Waals surface area contributed by atoms with E-state index in [0.717, 1.165) is 0 Å². The molecule has 0 radical (unpaired) electrons. The van der Waals surface area contributed by atoms with Crippen molar-refractivity contribution in [3.63, 3.8) is 0 Å². The minimum absolute atomic E-state index is 0. The molecule has 0 aromatic rings. The van der Waals surface area contributed by atoms with Crippen LogP contribution < -0.4 is 0 Å². The fourth-order valence-corrected chi connectivity index (χ4v) is 1.12. The van der Waals surface area contributed by atoms with E-state index in [2.05, 4.69) is 8.38 Å². The average Bonchev–Trinajstić information content (AvgIpc) is 1.69. The molecule has 0 amide bonds. The van der Waals surface area contributed by atoms with Gasteiger partial charge in [-0.2, -0.15) is 0 Å². The van der Waals surface area contributed by atoms with Crippen LogP contribution in [-0.2, 0) is 4.79 Å². The number of carbonyl (C=O) groups is 1. The molecule has 3 nitrogen and oxygen atoms in total. The van der Waals surface area contributed by atoms with Crippen LogP contribution in [0.1, 0.15) is 0 Å². The molecule has 15 heavy (non-hydrogen) atoms. The Bertz CT molecular complexity index is 207. The van der Waals surface area contributed by atoms with Gasteiger partial charge in [0.1, 0.15) is 0 Å². The third-order valence-electron chi connectivity index (χ3n) is 0.482. The first-order valence-electron chi connectivity index (χ1n) is 1.73. The molecule has 0 atom stereocenters. The van der Waals surface area contributed by atoms with E-state index in [1.165, 1.54) is 0 Å². The first kappa shape index (κ1) is 49.5. The van der Waals surface area contributed by atoms with Crippen LogP contribution in [0, 0.1) is 251 Å². The molecule has 0 fully saturated rings. The molecule has 0 heterocycles. The van der Waals surface area contributed by atoms with Crippen LogP contribution in [0.15, 0.2) is 0 Å². The van der Waals surface area contributed by atoms with Crippen LogP contribution >= 0.6 is 0 Å². The predicted molar refractivity (Wildman–Crippen MR) is 26.4 cm³/mol. The van der Waals surface area contributed by atoms with Crippen molar-refractivity contribution in [2.45, 2.75) is 0 Å². The second-order valence-corrected chi connectivity index (χ2v) is 4.39. The first-order valence-corrected chi connectivity index (χ1v) is 6.75. The SMILES string of the molecule is [C-]#[N+][C](=[U]=[CH2])C(=O)O.[U].[U].[U].[U].[U].[U].[U]. The van der Waals surface area contributed by atoms with Gasteiger partial charge >= 0.3 is 60.2 Å². The zero-order valence-corrected chi connectivity index (χ0v) is 40.8. The fraction of sp³-hybridized carbons (Fsp3) is 0. The third-order valence-corrected chi connectivity index (χ3v) is 3.23. The monoisotopic (exact) mass is 2000 g/mol. The number of hydrogen-bond acceptors (Lipinski definition) is 1. The van der Waals surface area contributed by atoms with Crippen LogP contribution in [0.5, 0.6) is 0 Å². The Labute approximate surface area is 269 Å². The number of rotatable bonds is 1. The summed E-state index contributed by atoms with van der Waals surface area (Å²) in [6.45, 7) is 6.31. The maximum atomic E-state index is 9.92. The van der Waals surface area contributed by atoms with Crippen LogP contribution in [-0.4, -0.2) is 17.3 Å². The van der Waals surface area contributed by atoms with Crippen LogP contribution in [0.3, 0.4) is 0 Å². The van der Waals surface area contributed by atoms with Crippen LogP contribution in [0.25, 0.3) is 4.85 Å². The van der Waals surface area contributed by atoms with Gasteiger partial charge in [-0.25, -0.2) is 0 Å². The molecule has 0 aromatic carbocycles. The van der Waals surface area contributed by atoms with Gasteiger partial charge in [0, 0.05) is 218 Å². The molecule has 0 rings (SSSR count). The Morgan fingerprint density at radius 3 is 1.33 bits per heavy atom. The Morgan fingerprint density at radius 1 is 1.07 bits per heavy atom. The van der Waals surface area contributed by atoms with E-state index in [1.807, 2.05) is 0 Å². The van der Waals surface area contributed by atoms with Gasteiger partial charge in [0.05, 0.1) is 0 Å². The maximum absolute atomic E-state index is 9.92. The van der Waals surface area contributed by atoms with Gasteiger partial charge < -0.3 is 0 Å². The van der Waals surface area contributed by atoms with Crippen molar-refractivity contribution in [3.8, 4) is 0 Å². The minimum Gasteiger partial charge on any atom is 0 e. The van der Waals surface area contributed by atoms with Gasteiger partial charge in [-0.3, -0.25) is 0 Å². The summed E-state index contributed by atoms with van der Waals surface area (Å²) < 4.78 is 3.45. The third kappa shape index (κ3) is 33.8. The summed E-state index contributed by atoms with van der Waals surface area (Å²) in [4.78, 5) is 12.7. The summed E-state index contributed by atoms with van der Waals surface area (Å²) in [5, 5.41) is 8.13. The number of nitrogens with zero attached hydrogens (tertiary/aromatic N) is 1. The van der Waals surface area contributed by atoms with Gasteiger partial charge in [0.2, 0.25) is 0 Å². The maximum Gasteiger partial charge on any atom is 0 e. The molecule has 11 heteroatoms. The molecule has 1 N–H and O–H groups in total. The molecular formula is C4H3NO2U8. The molecule has 0 unspecified atom stereocenters. The number of hydrogen-bond donors (Lipinski definition) is 1. The molecule has 0 saturated carbocycles. The Balaban J connectivity index is -0.0000000117. The van der Waals surface area contributed by atoms with Gasteiger partial charge in [-0.15, -0.1) is 0 Å². The van der Waals surface area contributed by atoms with Gasteiger partial charge in [-0.05, 0) is 0 Å². The largest absolute Gasteiger partial charge is 0 e. The van der Waals surface area contributed by atoms with Crippen molar-refractivity contribution in [3.05, 3.63) is 11.4 Å². The predicted octanol–water partition coefficient (Wildman–Crippen LogP) is -0.363. The molecule has 0 spiro atoms. The normalized spacial score (nSPS) is 3.40. The molecule has 0 aromatic heterocycles. The molecule has 0 aliphatic heterocycles. The molecule has 68 valence electrons. The summed E-state index contributed by atoms with van der Waals surface area (Å²) in [6.07, 6.45) is 0. The number of carboxylic acids is 1. The topological polar surface area (TPSA) is 41.7 Å². The van der Waals surface area contributed by atoms with Gasteiger partial charge in [0.25, 0.3) is 0 Å². The van der Waals surface area contributed by atoms with Crippen molar-refractivity contribution in [2.24, 2.45) is 0 Å². The second-order valence-electron chi connectivity index (χ2n) is 0.942. The quantitative estimate of drug-likeness (QED) is 0.366. The molecule has 0 saturated heterocycles. The van der Waals surface area contributed by atoms with Crippen molar-refractivity contribution >= 4 is 12.1 Å². The molecular weight excluding hydrogens is 2000 g/mol. The van der Waals surface area contributed by atoms with E-state index < -0.39 is 32.7 Å². The molecule has 0 aliphatic carbocycles. The summed E-state index contributed by atoms with van der Waals surface area (Å²) in [5.41, 5.74) is 0. The zero-order valence-electron chi connectivity index (χ0n) is 7.51. The van der Waals surface area contributed by atoms with Crippen LogP contribution in [0.4, 0.5) is 0 Å².